The Kier molecular flexibility index (Phi) is 4.40. The van der Waals surface area contributed by atoms with E-state index < -0.39 is 17.6 Å². The minimum absolute atomic E-state index is 0.0486. The van der Waals surface area contributed by atoms with Gasteiger partial charge in [-0.25, -0.2) is 0 Å². The van der Waals surface area contributed by atoms with Crippen molar-refractivity contribution in [1.29, 1.82) is 0 Å². The van der Waals surface area contributed by atoms with Gasteiger partial charge in [-0.1, -0.05) is 18.2 Å². The van der Waals surface area contributed by atoms with Crippen molar-refractivity contribution in [3.63, 3.8) is 0 Å². The predicted molar refractivity (Wildman–Crippen MR) is 97.9 cm³/mol. The average Bonchev–Trinajstić information content (AvgIpc) is 3.46. The van der Waals surface area contributed by atoms with Crippen LogP contribution in [0.3, 0.4) is 0 Å². The molecular weight excluding hydrogens is 369 g/mol. The number of alkyl halides is 3. The molecule has 0 saturated heterocycles. The number of benzene rings is 2. The number of hydrogen-bond donors (Lipinski definition) is 1. The second-order valence-corrected chi connectivity index (χ2v) is 7.33. The number of hydrogen-bond acceptors (Lipinski definition) is 2. The van der Waals surface area contributed by atoms with E-state index in [1.807, 2.05) is 6.07 Å². The van der Waals surface area contributed by atoms with E-state index in [1.54, 1.807) is 17.0 Å². The zero-order valence-corrected chi connectivity index (χ0v) is 15.0. The van der Waals surface area contributed by atoms with Gasteiger partial charge in [0.25, 0.3) is 0 Å². The van der Waals surface area contributed by atoms with E-state index >= 15 is 0 Å². The third-order valence-corrected chi connectivity index (χ3v) is 5.56. The second-order valence-electron chi connectivity index (χ2n) is 7.33. The number of halogens is 3. The smallest absolute Gasteiger partial charge is 0.366 e. The maximum Gasteiger partial charge on any atom is 0.416 e. The summed E-state index contributed by atoms with van der Waals surface area (Å²) in [5, 5.41) is 0. The monoisotopic (exact) mass is 388 g/mol. The Morgan fingerprint density at radius 1 is 1.07 bits per heavy atom. The maximum absolute atomic E-state index is 13.0. The molecular formula is C21H19F3N2O2. The zero-order chi connectivity index (χ0) is 20.1. The summed E-state index contributed by atoms with van der Waals surface area (Å²) in [7, 11) is 0. The van der Waals surface area contributed by atoms with E-state index in [0.29, 0.717) is 30.6 Å². The van der Waals surface area contributed by atoms with Gasteiger partial charge in [0, 0.05) is 23.7 Å². The van der Waals surface area contributed by atoms with Gasteiger partial charge < -0.3 is 10.6 Å². The predicted octanol–water partition coefficient (Wildman–Crippen LogP) is 3.89. The van der Waals surface area contributed by atoms with Crippen LogP contribution in [0.25, 0.3) is 0 Å². The summed E-state index contributed by atoms with van der Waals surface area (Å²) in [6.07, 6.45) is -2.33. The summed E-state index contributed by atoms with van der Waals surface area (Å²) in [5.74, 6) is -0.882. The molecule has 2 N–H and O–H groups in total. The van der Waals surface area contributed by atoms with Gasteiger partial charge in [0.2, 0.25) is 11.8 Å². The Morgan fingerprint density at radius 3 is 2.43 bits per heavy atom. The highest BCUT2D eigenvalue weighted by molar-refractivity contribution is 6.02. The molecule has 7 heteroatoms. The molecule has 2 unspecified atom stereocenters. The summed E-state index contributed by atoms with van der Waals surface area (Å²) in [4.78, 5) is 26.4. The van der Waals surface area contributed by atoms with Crippen LogP contribution in [-0.4, -0.2) is 18.4 Å². The van der Waals surface area contributed by atoms with Gasteiger partial charge in [0.15, 0.2) is 0 Å². The molecule has 146 valence electrons. The molecule has 0 spiro atoms. The summed E-state index contributed by atoms with van der Waals surface area (Å²) in [5.41, 5.74) is 7.45. The van der Waals surface area contributed by atoms with Crippen molar-refractivity contribution >= 4 is 17.5 Å². The average molecular weight is 388 g/mol. The van der Waals surface area contributed by atoms with Gasteiger partial charge in [0.05, 0.1) is 5.56 Å². The summed E-state index contributed by atoms with van der Waals surface area (Å²) in [6, 6.07) is 10.2. The van der Waals surface area contributed by atoms with E-state index in [1.165, 1.54) is 12.1 Å². The lowest BCUT2D eigenvalue weighted by molar-refractivity contribution is -0.137. The molecule has 0 aromatic heterocycles. The first-order valence-corrected chi connectivity index (χ1v) is 9.17. The summed E-state index contributed by atoms with van der Waals surface area (Å²) < 4.78 is 38.2. The minimum Gasteiger partial charge on any atom is -0.366 e. The van der Waals surface area contributed by atoms with Crippen LogP contribution in [0.2, 0.25) is 0 Å². The fourth-order valence-electron chi connectivity index (χ4n) is 4.04. The number of anilines is 1. The third-order valence-electron chi connectivity index (χ3n) is 5.56. The lowest BCUT2D eigenvalue weighted by Gasteiger charge is -2.30. The van der Waals surface area contributed by atoms with Crippen LogP contribution in [-0.2, 0) is 17.4 Å². The molecule has 1 aliphatic carbocycles. The number of nitrogens with two attached hydrogens (primary N) is 1. The van der Waals surface area contributed by atoms with Gasteiger partial charge in [-0.15, -0.1) is 0 Å². The molecule has 4 nitrogen and oxygen atoms in total. The second kappa shape index (κ2) is 6.65. The van der Waals surface area contributed by atoms with E-state index in [4.69, 9.17) is 5.73 Å². The van der Waals surface area contributed by atoms with Crippen molar-refractivity contribution < 1.29 is 22.8 Å². The van der Waals surface area contributed by atoms with Crippen LogP contribution in [0.1, 0.15) is 45.8 Å². The highest BCUT2D eigenvalue weighted by Crippen LogP contribution is 2.50. The molecule has 1 fully saturated rings. The minimum atomic E-state index is -4.37. The van der Waals surface area contributed by atoms with Crippen LogP contribution in [0.4, 0.5) is 18.9 Å². The first-order valence-electron chi connectivity index (χ1n) is 9.17. The van der Waals surface area contributed by atoms with Crippen LogP contribution >= 0.6 is 0 Å². The number of fused-ring (bicyclic) bond motifs is 1. The Labute approximate surface area is 160 Å². The first kappa shape index (κ1) is 18.5. The molecule has 2 amide bonds. The van der Waals surface area contributed by atoms with Crippen LogP contribution in [0.5, 0.6) is 0 Å². The first-order chi connectivity index (χ1) is 13.3. The van der Waals surface area contributed by atoms with Gasteiger partial charge in [-0.05, 0) is 60.6 Å². The number of rotatable bonds is 3. The van der Waals surface area contributed by atoms with E-state index in [-0.39, 0.29) is 17.7 Å². The molecule has 0 radical (unpaired) electrons. The van der Waals surface area contributed by atoms with Crippen molar-refractivity contribution in [2.45, 2.75) is 31.4 Å². The highest BCUT2D eigenvalue weighted by Gasteiger charge is 2.47. The SMILES string of the molecule is NC(=O)c1cccc2c1CCCN2C(=O)C1CC1c1ccc(C(F)(F)F)cc1. The molecule has 1 saturated carbocycles. The van der Waals surface area contributed by atoms with Crippen molar-refractivity contribution in [2.24, 2.45) is 11.7 Å². The fraction of sp³-hybridized carbons (Fsp3) is 0.333. The molecule has 4 rings (SSSR count). The highest BCUT2D eigenvalue weighted by atomic mass is 19.4. The Bertz CT molecular complexity index is 938. The molecule has 1 aliphatic heterocycles. The van der Waals surface area contributed by atoms with Crippen LogP contribution in [0, 0.1) is 5.92 Å². The van der Waals surface area contributed by atoms with Crippen molar-refractivity contribution in [1.82, 2.24) is 0 Å². The quantitative estimate of drug-likeness (QED) is 0.867. The Balaban J connectivity index is 1.53. The standard InChI is InChI=1S/C21H19F3N2O2/c22-21(23,24)13-8-6-12(7-9-13)16-11-17(16)20(28)26-10-2-4-14-15(19(25)27)3-1-5-18(14)26/h1,3,5-9,16-17H,2,4,10-11H2,(H2,25,27). The van der Waals surface area contributed by atoms with E-state index in [9.17, 15) is 22.8 Å². The lowest BCUT2D eigenvalue weighted by Crippen LogP contribution is -2.37. The fourth-order valence-corrected chi connectivity index (χ4v) is 4.04. The number of amides is 2. The van der Waals surface area contributed by atoms with Gasteiger partial charge in [-0.2, -0.15) is 13.2 Å². The number of nitrogens with zero attached hydrogens (tertiary/aromatic N) is 1. The van der Waals surface area contributed by atoms with Crippen molar-refractivity contribution in [2.75, 3.05) is 11.4 Å². The maximum atomic E-state index is 13.0. The number of carbonyl (C=O) groups excluding carboxylic acids is 2. The normalized spacial score (nSPS) is 21.2. The van der Waals surface area contributed by atoms with Gasteiger partial charge >= 0.3 is 6.18 Å². The van der Waals surface area contributed by atoms with Crippen LogP contribution in [0.15, 0.2) is 42.5 Å². The molecule has 1 heterocycles. The number of primary amides is 1. The largest absolute Gasteiger partial charge is 0.416 e. The topological polar surface area (TPSA) is 63.4 Å². The molecule has 2 atom stereocenters. The zero-order valence-electron chi connectivity index (χ0n) is 15.0. The lowest BCUT2D eigenvalue weighted by atomic mass is 9.95. The third kappa shape index (κ3) is 3.25. The van der Waals surface area contributed by atoms with Gasteiger partial charge in [-0.3, -0.25) is 9.59 Å². The van der Waals surface area contributed by atoms with E-state index in [0.717, 1.165) is 29.7 Å². The molecule has 28 heavy (non-hydrogen) atoms. The summed E-state index contributed by atoms with van der Waals surface area (Å²) >= 11 is 0. The number of carbonyl (C=O) groups is 2. The Hall–Kier alpha value is -2.83. The summed E-state index contributed by atoms with van der Waals surface area (Å²) in [6.45, 7) is 0.560. The van der Waals surface area contributed by atoms with Gasteiger partial charge in [0.1, 0.15) is 0 Å². The molecule has 0 bridgehead atoms. The van der Waals surface area contributed by atoms with E-state index in [2.05, 4.69) is 0 Å². The van der Waals surface area contributed by atoms with Crippen LogP contribution < -0.4 is 10.6 Å². The molecule has 2 aromatic carbocycles. The van der Waals surface area contributed by atoms with Crippen molar-refractivity contribution in [3.8, 4) is 0 Å². The van der Waals surface area contributed by atoms with Crippen molar-refractivity contribution in [3.05, 3.63) is 64.7 Å². The molecule has 2 aromatic rings. The Morgan fingerprint density at radius 2 is 1.79 bits per heavy atom. The molecule has 2 aliphatic rings.